The van der Waals surface area contributed by atoms with Crippen molar-refractivity contribution < 1.29 is 9.52 Å². The van der Waals surface area contributed by atoms with Crippen molar-refractivity contribution in [2.24, 2.45) is 5.73 Å². The number of aliphatic hydroxyl groups is 1. The molecule has 3 rings (SSSR count). The summed E-state index contributed by atoms with van der Waals surface area (Å²) < 4.78 is 5.48. The van der Waals surface area contributed by atoms with Crippen LogP contribution < -0.4 is 5.73 Å². The van der Waals surface area contributed by atoms with Crippen LogP contribution in [0.15, 0.2) is 59.3 Å². The van der Waals surface area contributed by atoms with Crippen LogP contribution in [-0.4, -0.2) is 16.6 Å². The van der Waals surface area contributed by atoms with Crippen LogP contribution in [0.25, 0.3) is 11.0 Å². The summed E-state index contributed by atoms with van der Waals surface area (Å²) in [5.74, 6) is -0.253. The highest BCUT2D eigenvalue weighted by molar-refractivity contribution is 5.81. The van der Waals surface area contributed by atoms with Gasteiger partial charge < -0.3 is 15.3 Å². The molecule has 0 aliphatic heterocycles. The molecule has 0 amide bonds. The van der Waals surface area contributed by atoms with Crippen molar-refractivity contribution in [3.05, 3.63) is 66.2 Å². The normalized spacial score (nSPS) is 14.3. The van der Waals surface area contributed by atoms with E-state index >= 15 is 0 Å². The molecule has 0 aliphatic carbocycles. The summed E-state index contributed by atoms with van der Waals surface area (Å²) in [6.45, 7) is 0.317. The lowest BCUT2D eigenvalue weighted by molar-refractivity contribution is 0.146. The number of aliphatic hydroxyl groups excluding tert-OH is 1. The molecule has 0 saturated heterocycles. The highest BCUT2D eigenvalue weighted by Gasteiger charge is 2.25. The number of aromatic nitrogens is 1. The van der Waals surface area contributed by atoms with Crippen LogP contribution in [0.2, 0.25) is 0 Å². The summed E-state index contributed by atoms with van der Waals surface area (Å²) in [5, 5.41) is 11.6. The number of nitrogens with zero attached hydrogens (tertiary/aromatic N) is 1. The van der Waals surface area contributed by atoms with Crippen molar-refractivity contribution in [2.75, 3.05) is 6.54 Å². The molecule has 2 atom stereocenters. The van der Waals surface area contributed by atoms with Gasteiger partial charge in [0, 0.05) is 35.3 Å². The van der Waals surface area contributed by atoms with Crippen LogP contribution in [0.3, 0.4) is 0 Å². The Morgan fingerprint density at radius 1 is 1.15 bits per heavy atom. The van der Waals surface area contributed by atoms with Gasteiger partial charge in [0.15, 0.2) is 0 Å². The molecule has 0 aliphatic rings. The zero-order chi connectivity index (χ0) is 13.9. The summed E-state index contributed by atoms with van der Waals surface area (Å²) in [5.41, 5.74) is 8.12. The van der Waals surface area contributed by atoms with E-state index in [-0.39, 0.29) is 5.92 Å². The molecule has 2 heterocycles. The highest BCUT2D eigenvalue weighted by Crippen LogP contribution is 2.34. The minimum atomic E-state index is -0.737. The smallest absolute Gasteiger partial charge is 0.134 e. The Morgan fingerprint density at radius 3 is 2.70 bits per heavy atom. The fourth-order valence-electron chi connectivity index (χ4n) is 2.45. The molecule has 0 radical (unpaired) electrons. The molecule has 0 saturated carbocycles. The third-order valence-electron chi connectivity index (χ3n) is 3.53. The molecule has 20 heavy (non-hydrogen) atoms. The number of fused-ring (bicyclic) bond motifs is 1. The van der Waals surface area contributed by atoms with E-state index in [2.05, 4.69) is 4.98 Å². The van der Waals surface area contributed by atoms with Gasteiger partial charge in [-0.25, -0.2) is 0 Å². The number of furan rings is 1. The maximum absolute atomic E-state index is 10.6. The van der Waals surface area contributed by atoms with Crippen LogP contribution >= 0.6 is 0 Å². The largest absolute Gasteiger partial charge is 0.464 e. The van der Waals surface area contributed by atoms with Crippen molar-refractivity contribution in [3.63, 3.8) is 0 Å². The molecule has 3 N–H and O–H groups in total. The third-order valence-corrected chi connectivity index (χ3v) is 3.53. The molecule has 3 aromatic rings. The number of rotatable bonds is 4. The minimum Gasteiger partial charge on any atom is -0.464 e. The van der Waals surface area contributed by atoms with Crippen molar-refractivity contribution in [3.8, 4) is 0 Å². The number of pyridine rings is 1. The standard InChI is InChI=1S/C16H16N2O2/c17-9-12(14-6-3-4-8-18-14)16(19)13-10-20-15-7-2-1-5-11(13)15/h1-8,10,12,16,19H,9,17H2. The van der Waals surface area contributed by atoms with Gasteiger partial charge in [-0.2, -0.15) is 0 Å². The summed E-state index contributed by atoms with van der Waals surface area (Å²) in [4.78, 5) is 4.29. The molecule has 0 bridgehead atoms. The average Bonchev–Trinajstić information content (AvgIpc) is 2.93. The molecule has 1 aromatic carbocycles. The summed E-state index contributed by atoms with van der Waals surface area (Å²) in [6.07, 6.45) is 2.57. The highest BCUT2D eigenvalue weighted by atomic mass is 16.3. The van der Waals surface area contributed by atoms with Gasteiger partial charge in [0.1, 0.15) is 5.58 Å². The predicted octanol–water partition coefficient (Wildman–Crippen LogP) is 2.60. The quantitative estimate of drug-likeness (QED) is 0.763. The first-order valence-corrected chi connectivity index (χ1v) is 6.56. The molecule has 0 fully saturated rings. The van der Waals surface area contributed by atoms with Crippen molar-refractivity contribution >= 4 is 11.0 Å². The van der Waals surface area contributed by atoms with E-state index in [9.17, 15) is 5.11 Å². The molecule has 0 spiro atoms. The fraction of sp³-hybridized carbons (Fsp3) is 0.188. The van der Waals surface area contributed by atoms with Crippen LogP contribution in [0, 0.1) is 0 Å². The van der Waals surface area contributed by atoms with E-state index in [0.29, 0.717) is 6.54 Å². The Labute approximate surface area is 116 Å². The third kappa shape index (κ3) is 2.19. The fourth-order valence-corrected chi connectivity index (χ4v) is 2.45. The van der Waals surface area contributed by atoms with Gasteiger partial charge in [0.25, 0.3) is 0 Å². The number of benzene rings is 1. The number of hydrogen-bond donors (Lipinski definition) is 2. The topological polar surface area (TPSA) is 72.3 Å². The zero-order valence-electron chi connectivity index (χ0n) is 10.9. The lowest BCUT2D eigenvalue weighted by atomic mass is 9.92. The molecule has 4 nitrogen and oxygen atoms in total. The Bertz CT molecular complexity index is 694. The molecule has 2 unspecified atom stereocenters. The molecule has 2 aromatic heterocycles. The Balaban J connectivity index is 2.00. The number of para-hydroxylation sites is 1. The van der Waals surface area contributed by atoms with Crippen LogP contribution in [0.5, 0.6) is 0 Å². The van der Waals surface area contributed by atoms with Crippen LogP contribution in [0.4, 0.5) is 0 Å². The lowest BCUT2D eigenvalue weighted by Gasteiger charge is -2.20. The van der Waals surface area contributed by atoms with Crippen molar-refractivity contribution in [2.45, 2.75) is 12.0 Å². The van der Waals surface area contributed by atoms with Crippen LogP contribution in [0.1, 0.15) is 23.3 Å². The van der Waals surface area contributed by atoms with E-state index < -0.39 is 6.10 Å². The van der Waals surface area contributed by atoms with Gasteiger partial charge in [0.2, 0.25) is 0 Å². The second-order valence-corrected chi connectivity index (χ2v) is 4.73. The van der Waals surface area contributed by atoms with Crippen molar-refractivity contribution in [1.82, 2.24) is 4.98 Å². The summed E-state index contributed by atoms with van der Waals surface area (Å²) in [6, 6.07) is 13.3. The van der Waals surface area contributed by atoms with Crippen LogP contribution in [-0.2, 0) is 0 Å². The van der Waals surface area contributed by atoms with Gasteiger partial charge in [-0.05, 0) is 18.2 Å². The SMILES string of the molecule is NCC(c1ccccn1)C(O)c1coc2ccccc12. The van der Waals surface area contributed by atoms with Gasteiger partial charge in [0.05, 0.1) is 12.4 Å². The Kier molecular flexibility index (Phi) is 3.50. The van der Waals surface area contributed by atoms with E-state index in [1.807, 2.05) is 42.5 Å². The summed E-state index contributed by atoms with van der Waals surface area (Å²) in [7, 11) is 0. The van der Waals surface area contributed by atoms with E-state index in [1.165, 1.54) is 0 Å². The number of nitrogens with two attached hydrogens (primary N) is 1. The van der Waals surface area contributed by atoms with Gasteiger partial charge in [-0.3, -0.25) is 4.98 Å². The zero-order valence-corrected chi connectivity index (χ0v) is 10.9. The molecule has 4 heteroatoms. The van der Waals surface area contributed by atoms with E-state index in [0.717, 1.165) is 22.2 Å². The molecular weight excluding hydrogens is 252 g/mol. The predicted molar refractivity (Wildman–Crippen MR) is 77.2 cm³/mol. The van der Waals surface area contributed by atoms with Gasteiger partial charge in [-0.15, -0.1) is 0 Å². The van der Waals surface area contributed by atoms with E-state index in [4.69, 9.17) is 10.2 Å². The first-order chi connectivity index (χ1) is 9.81. The maximum atomic E-state index is 10.6. The second-order valence-electron chi connectivity index (χ2n) is 4.73. The molecule has 102 valence electrons. The second kappa shape index (κ2) is 5.45. The number of hydrogen-bond acceptors (Lipinski definition) is 4. The summed E-state index contributed by atoms with van der Waals surface area (Å²) >= 11 is 0. The first kappa shape index (κ1) is 12.8. The van der Waals surface area contributed by atoms with E-state index in [1.54, 1.807) is 12.5 Å². The van der Waals surface area contributed by atoms with Crippen molar-refractivity contribution in [1.29, 1.82) is 0 Å². The Morgan fingerprint density at radius 2 is 1.95 bits per heavy atom. The molecular formula is C16H16N2O2. The average molecular weight is 268 g/mol. The first-order valence-electron chi connectivity index (χ1n) is 6.56. The lowest BCUT2D eigenvalue weighted by Crippen LogP contribution is -2.20. The van der Waals surface area contributed by atoms with Gasteiger partial charge in [-0.1, -0.05) is 24.3 Å². The monoisotopic (exact) mass is 268 g/mol. The Hall–Kier alpha value is -2.17. The maximum Gasteiger partial charge on any atom is 0.134 e. The van der Waals surface area contributed by atoms with Gasteiger partial charge >= 0.3 is 0 Å². The minimum absolute atomic E-state index is 0.253.